The molecule has 26 rings (SSSR count). The number of thiophene rings is 2. The maximum absolute atomic E-state index is 5.44. The minimum atomic E-state index is 0.549. The molecule has 0 atom stereocenters. The van der Waals surface area contributed by atoms with Gasteiger partial charge in [0.2, 0.25) is 0 Å². The van der Waals surface area contributed by atoms with Gasteiger partial charge in [-0.1, -0.05) is 334 Å². The Morgan fingerprint density at radius 3 is 0.816 bits per heavy atom. The van der Waals surface area contributed by atoms with Gasteiger partial charge in [-0.25, -0.2) is 29.9 Å². The van der Waals surface area contributed by atoms with Crippen LogP contribution in [0.15, 0.2) is 473 Å². The minimum Gasteiger partial charge on any atom is -0.309 e. The van der Waals surface area contributed by atoms with Crippen LogP contribution >= 0.6 is 22.7 Å². The summed E-state index contributed by atoms with van der Waals surface area (Å²) in [4.78, 5) is 42.1. The van der Waals surface area contributed by atoms with Crippen LogP contribution in [0.4, 0.5) is 0 Å². The Bertz CT molecular complexity index is 8820. The van der Waals surface area contributed by atoms with Crippen molar-refractivity contribution in [3.05, 3.63) is 473 Å². The molecule has 0 spiro atoms. The summed E-state index contributed by atoms with van der Waals surface area (Å²) in [6.45, 7) is 0. The van der Waals surface area contributed by atoms with E-state index in [0.717, 1.165) is 134 Å². The number of para-hydroxylation sites is 4. The van der Waals surface area contributed by atoms with Crippen LogP contribution in [-0.2, 0) is 0 Å². The van der Waals surface area contributed by atoms with Crippen molar-refractivity contribution < 1.29 is 0 Å². The van der Waals surface area contributed by atoms with Crippen molar-refractivity contribution in [2.24, 2.45) is 0 Å². The quantitative estimate of drug-likeness (QED) is 0.0940. The molecule has 0 aliphatic carbocycles. The van der Waals surface area contributed by atoms with Crippen LogP contribution in [0.2, 0.25) is 0 Å². The molecule has 136 heavy (non-hydrogen) atoms. The summed E-state index contributed by atoms with van der Waals surface area (Å²) in [5, 5.41) is 9.91. The highest BCUT2D eigenvalue weighted by Crippen LogP contribution is 2.50. The Balaban J connectivity index is 0.000000145. The summed E-state index contributed by atoms with van der Waals surface area (Å²) in [5.74, 6) is 3.49. The molecular formula is C124H78N10S2. The molecule has 12 heteroatoms. The Morgan fingerprint density at radius 2 is 0.449 bits per heavy atom. The van der Waals surface area contributed by atoms with Crippen LogP contribution < -0.4 is 0 Å². The SMILES string of the molecule is c1ccc(-c2cc(-c3ccccc3)cc(-c3cnc(-c4ccc5c(c4)sc4ccc6c(c7ccccc7n6-c6ccccc6)c45)c(-c4nc(-c5ccccc5)nc(-c5ccccc5)n4)c3)c2)cc1.c1ccc(-c2cc(-c3ccccc3)cc(-c3cnc(-c4ccc5sc6ccc7c(c8ccccc8n7-c7ccccc7)c6c5c4)c(-c4nc(-c5ccccc5)nc(-c5ccccc5)n4)c3)c2)cc1. The van der Waals surface area contributed by atoms with E-state index in [1.54, 1.807) is 0 Å². The van der Waals surface area contributed by atoms with Gasteiger partial charge in [0, 0.05) is 141 Å². The largest absolute Gasteiger partial charge is 0.309 e. The van der Waals surface area contributed by atoms with Gasteiger partial charge in [-0.2, -0.15) is 0 Å². The molecule has 8 aromatic heterocycles. The fourth-order valence-electron chi connectivity index (χ4n) is 19.3. The first-order chi connectivity index (χ1) is 67.4. The first kappa shape index (κ1) is 80.4. The standard InChI is InChI=1S/2C62H39N5S/c1-6-18-40(19-7-1)45-34-46(41-20-8-2-9-21-41)36-47(35-45)48-38-52(62-65-60(42-22-10-3-11-23-42)64-61(66-62)43-24-12-4-13-25-43)59(63-39-48)44-30-32-55-51(37-44)58-56(68-55)33-31-54-57(58)50-28-16-17-29-53(50)67(54)49-26-14-5-15-27-49;1-6-18-40(19-7-1)45-34-46(41-20-8-2-9-21-41)36-47(35-45)48-37-52(62-65-60(42-22-10-3-11-23-42)64-61(66-62)43-24-12-4-13-25-43)59(63-39-48)44-30-31-51-56(38-44)68-55-33-32-54-57(58(51)55)50-28-16-17-29-53(50)67(54)49-26-14-5-15-27-49/h2*1-39H. The zero-order chi connectivity index (χ0) is 89.9. The molecule has 0 aliphatic rings. The van der Waals surface area contributed by atoms with Gasteiger partial charge in [0.15, 0.2) is 34.9 Å². The Morgan fingerprint density at radius 1 is 0.162 bits per heavy atom. The highest BCUT2D eigenvalue weighted by atomic mass is 32.1. The van der Waals surface area contributed by atoms with Crippen molar-refractivity contribution in [2.45, 2.75) is 0 Å². The van der Waals surface area contributed by atoms with Crippen LogP contribution in [0.1, 0.15) is 0 Å². The van der Waals surface area contributed by atoms with Gasteiger partial charge in [-0.15, -0.1) is 22.7 Å². The normalized spacial score (nSPS) is 11.5. The summed E-state index contributed by atoms with van der Waals surface area (Å²) >= 11 is 3.65. The topological polar surface area (TPSA) is 113 Å². The van der Waals surface area contributed by atoms with Crippen molar-refractivity contribution in [2.75, 3.05) is 0 Å². The molecule has 0 N–H and O–H groups in total. The van der Waals surface area contributed by atoms with E-state index in [2.05, 4.69) is 373 Å². The zero-order valence-electron chi connectivity index (χ0n) is 73.3. The predicted molar refractivity (Wildman–Crippen MR) is 566 cm³/mol. The summed E-state index contributed by atoms with van der Waals surface area (Å²) in [7, 11) is 0. The van der Waals surface area contributed by atoms with E-state index >= 15 is 0 Å². The van der Waals surface area contributed by atoms with Gasteiger partial charge in [0.1, 0.15) is 0 Å². The number of hydrogen-bond acceptors (Lipinski definition) is 10. The first-order valence-corrected chi connectivity index (χ1v) is 47.2. The number of hydrogen-bond donors (Lipinski definition) is 0. The highest BCUT2D eigenvalue weighted by Gasteiger charge is 2.27. The third kappa shape index (κ3) is 14.9. The second-order valence-electron chi connectivity index (χ2n) is 34.0. The van der Waals surface area contributed by atoms with Crippen LogP contribution in [-0.4, -0.2) is 49.0 Å². The predicted octanol–water partition coefficient (Wildman–Crippen LogP) is 32.8. The van der Waals surface area contributed by atoms with E-state index < -0.39 is 0 Å². The van der Waals surface area contributed by atoms with Gasteiger partial charge in [0.25, 0.3) is 0 Å². The average Bonchev–Trinajstić information content (AvgIpc) is 1.56. The van der Waals surface area contributed by atoms with E-state index in [1.807, 2.05) is 132 Å². The van der Waals surface area contributed by atoms with Crippen molar-refractivity contribution >= 4 is 107 Å². The summed E-state index contributed by atoms with van der Waals surface area (Å²) in [6.07, 6.45) is 4.02. The Labute approximate surface area is 792 Å². The van der Waals surface area contributed by atoms with Crippen LogP contribution in [0.25, 0.3) is 253 Å². The monoisotopic (exact) mass is 1770 g/mol. The third-order valence-electron chi connectivity index (χ3n) is 25.7. The lowest BCUT2D eigenvalue weighted by Gasteiger charge is -2.15. The molecule has 0 bridgehead atoms. The minimum absolute atomic E-state index is 0.549. The lowest BCUT2D eigenvalue weighted by Crippen LogP contribution is -2.02. The summed E-state index contributed by atoms with van der Waals surface area (Å²) in [6, 6.07) is 163. The lowest BCUT2D eigenvalue weighted by molar-refractivity contribution is 1.07. The van der Waals surface area contributed by atoms with Gasteiger partial charge >= 0.3 is 0 Å². The molecule has 0 aliphatic heterocycles. The first-order valence-electron chi connectivity index (χ1n) is 45.6. The third-order valence-corrected chi connectivity index (χ3v) is 28.0. The average molecular weight is 1770 g/mol. The number of aromatic nitrogens is 10. The zero-order valence-corrected chi connectivity index (χ0v) is 75.0. The van der Waals surface area contributed by atoms with Crippen LogP contribution in [0.5, 0.6) is 0 Å². The van der Waals surface area contributed by atoms with Crippen molar-refractivity contribution in [3.8, 4) is 169 Å². The lowest BCUT2D eigenvalue weighted by atomic mass is 9.92. The van der Waals surface area contributed by atoms with Gasteiger partial charge in [0.05, 0.1) is 33.5 Å². The van der Waals surface area contributed by atoms with Crippen LogP contribution in [0.3, 0.4) is 0 Å². The number of benzene rings is 18. The maximum Gasteiger partial charge on any atom is 0.166 e. The second-order valence-corrected chi connectivity index (χ2v) is 36.2. The van der Waals surface area contributed by atoms with Crippen LogP contribution in [0, 0.1) is 0 Å². The molecular weight excluding hydrogens is 1690 g/mol. The van der Waals surface area contributed by atoms with Gasteiger partial charge < -0.3 is 9.13 Å². The number of fused-ring (bicyclic) bond motifs is 14. The molecule has 8 heterocycles. The molecule has 0 unspecified atom stereocenters. The van der Waals surface area contributed by atoms with Crippen molar-refractivity contribution in [3.63, 3.8) is 0 Å². The smallest absolute Gasteiger partial charge is 0.166 e. The number of nitrogens with zero attached hydrogens (tertiary/aromatic N) is 10. The molecule has 18 aromatic carbocycles. The molecule has 0 saturated carbocycles. The highest BCUT2D eigenvalue weighted by molar-refractivity contribution is 7.26. The molecule has 10 nitrogen and oxygen atoms in total. The molecule has 0 saturated heterocycles. The maximum atomic E-state index is 5.44. The second kappa shape index (κ2) is 34.6. The number of pyridine rings is 2. The van der Waals surface area contributed by atoms with Gasteiger partial charge in [-0.05, 0) is 183 Å². The fourth-order valence-corrected chi connectivity index (χ4v) is 21.6. The molecule has 0 radical (unpaired) electrons. The fraction of sp³-hybridized carbons (Fsp3) is 0. The van der Waals surface area contributed by atoms with E-state index in [-0.39, 0.29) is 0 Å². The van der Waals surface area contributed by atoms with E-state index in [0.29, 0.717) is 34.9 Å². The van der Waals surface area contributed by atoms with E-state index in [1.165, 1.54) is 84.0 Å². The molecule has 0 fully saturated rings. The van der Waals surface area contributed by atoms with E-state index in [4.69, 9.17) is 39.9 Å². The van der Waals surface area contributed by atoms with Crippen molar-refractivity contribution in [1.82, 2.24) is 49.0 Å². The van der Waals surface area contributed by atoms with E-state index in [9.17, 15) is 0 Å². The Hall–Kier alpha value is -17.7. The Kier molecular flexibility index (Phi) is 20.4. The molecule has 26 aromatic rings. The summed E-state index contributed by atoms with van der Waals surface area (Å²) in [5.41, 5.74) is 29.0. The number of rotatable bonds is 16. The van der Waals surface area contributed by atoms with Crippen molar-refractivity contribution in [1.29, 1.82) is 0 Å². The molecule has 0 amide bonds. The summed E-state index contributed by atoms with van der Waals surface area (Å²) < 4.78 is 9.67. The molecule has 636 valence electrons. The van der Waals surface area contributed by atoms with Gasteiger partial charge in [-0.3, -0.25) is 9.97 Å².